The fourth-order valence-electron chi connectivity index (χ4n) is 5.18. The Labute approximate surface area is 181 Å². The van der Waals surface area contributed by atoms with Gasteiger partial charge in [0.1, 0.15) is 0 Å². The van der Waals surface area contributed by atoms with Gasteiger partial charge in [0, 0.05) is 22.1 Å². The number of rotatable bonds is 5. The number of aromatic nitrogens is 1. The second-order valence-electron chi connectivity index (χ2n) is 9.07. The molecule has 0 unspecified atom stereocenters. The highest BCUT2D eigenvalue weighted by Gasteiger charge is 2.38. The molecule has 30 heavy (non-hydrogen) atoms. The number of benzene rings is 1. The first-order chi connectivity index (χ1) is 14.3. The molecule has 0 saturated carbocycles. The van der Waals surface area contributed by atoms with Gasteiger partial charge in [-0.2, -0.15) is 0 Å². The minimum Gasteiger partial charge on any atom is -0.335 e. The van der Waals surface area contributed by atoms with Crippen LogP contribution in [0.4, 0.5) is 0 Å². The van der Waals surface area contributed by atoms with Gasteiger partial charge in [-0.05, 0) is 68.0 Å². The van der Waals surface area contributed by atoms with Crippen LogP contribution in [0.3, 0.4) is 0 Å². The number of allylic oxidation sites excluding steroid dienone is 4. The van der Waals surface area contributed by atoms with Crippen molar-refractivity contribution >= 4 is 16.6 Å². The summed E-state index contributed by atoms with van der Waals surface area (Å²) in [6.07, 6.45) is 5.40. The van der Waals surface area contributed by atoms with Gasteiger partial charge in [-0.25, -0.2) is 4.98 Å². The molecule has 0 saturated heterocycles. The Morgan fingerprint density at radius 1 is 1.20 bits per heavy atom. The molecule has 0 radical (unpaired) electrons. The van der Waals surface area contributed by atoms with Gasteiger partial charge in [0.25, 0.3) is 0 Å². The molecule has 4 rings (SSSR count). The highest BCUT2D eigenvalue weighted by molar-refractivity contribution is 5.89. The van der Waals surface area contributed by atoms with Crippen LogP contribution in [-0.2, 0) is 13.0 Å². The van der Waals surface area contributed by atoms with E-state index < -0.39 is 0 Å². The molecule has 0 amide bonds. The van der Waals surface area contributed by atoms with Crippen molar-refractivity contribution < 1.29 is 0 Å². The molecular formula is C28H34N2. The standard InChI is InChI=1S/C28H34N2/c1-9-20-19(7)30-16-23-21(10-2)22-14-18(6)12-13-25(22)29-27(23)26(30)15-24(20)28(8,11-3)17(4)5/h12-15H,4,7,9-11,16H2,1-3,5-6,8H3/t28-/m0/s1. The van der Waals surface area contributed by atoms with E-state index in [-0.39, 0.29) is 5.41 Å². The highest BCUT2D eigenvalue weighted by atomic mass is 15.2. The predicted molar refractivity (Wildman–Crippen MR) is 129 cm³/mol. The maximum atomic E-state index is 5.17. The molecule has 2 aliphatic rings. The van der Waals surface area contributed by atoms with Gasteiger partial charge >= 0.3 is 0 Å². The lowest BCUT2D eigenvalue weighted by atomic mass is 9.70. The van der Waals surface area contributed by atoms with Crippen LogP contribution in [-0.4, -0.2) is 9.88 Å². The van der Waals surface area contributed by atoms with E-state index in [1.165, 1.54) is 44.5 Å². The van der Waals surface area contributed by atoms with E-state index in [1.54, 1.807) is 0 Å². The molecule has 0 fully saturated rings. The largest absolute Gasteiger partial charge is 0.335 e. The predicted octanol–water partition coefficient (Wildman–Crippen LogP) is 7.49. The molecule has 0 spiro atoms. The Bertz CT molecular complexity index is 1140. The summed E-state index contributed by atoms with van der Waals surface area (Å²) in [5.74, 6) is 0. The van der Waals surface area contributed by atoms with E-state index in [0.29, 0.717) is 0 Å². The summed E-state index contributed by atoms with van der Waals surface area (Å²) in [4.78, 5) is 7.55. The smallest absolute Gasteiger partial charge is 0.0927 e. The first-order valence-corrected chi connectivity index (χ1v) is 11.3. The summed E-state index contributed by atoms with van der Waals surface area (Å²) < 4.78 is 0. The van der Waals surface area contributed by atoms with Crippen molar-refractivity contribution in [3.05, 3.63) is 82.2 Å². The van der Waals surface area contributed by atoms with Gasteiger partial charge in [0.2, 0.25) is 0 Å². The first-order valence-electron chi connectivity index (χ1n) is 11.3. The normalized spacial score (nSPS) is 17.7. The maximum Gasteiger partial charge on any atom is 0.0927 e. The quantitative estimate of drug-likeness (QED) is 0.485. The third kappa shape index (κ3) is 2.80. The van der Waals surface area contributed by atoms with E-state index in [0.717, 1.165) is 42.7 Å². The third-order valence-corrected chi connectivity index (χ3v) is 7.44. The van der Waals surface area contributed by atoms with Crippen molar-refractivity contribution in [2.75, 3.05) is 0 Å². The summed E-state index contributed by atoms with van der Waals surface area (Å²) in [7, 11) is 0. The summed E-state index contributed by atoms with van der Waals surface area (Å²) in [6.45, 7) is 23.2. The molecule has 0 aliphatic carbocycles. The van der Waals surface area contributed by atoms with Gasteiger partial charge in [-0.3, -0.25) is 0 Å². The zero-order valence-corrected chi connectivity index (χ0v) is 19.4. The lowest BCUT2D eigenvalue weighted by Gasteiger charge is -2.38. The highest BCUT2D eigenvalue weighted by Crippen LogP contribution is 2.50. The van der Waals surface area contributed by atoms with Gasteiger partial charge in [0.15, 0.2) is 0 Å². The topological polar surface area (TPSA) is 16.1 Å². The number of hydrogen-bond donors (Lipinski definition) is 0. The number of pyridine rings is 1. The van der Waals surface area contributed by atoms with E-state index in [4.69, 9.17) is 4.98 Å². The van der Waals surface area contributed by atoms with Crippen LogP contribution in [0, 0.1) is 12.3 Å². The molecule has 1 aromatic carbocycles. The molecule has 0 N–H and O–H groups in total. The minimum atomic E-state index is -0.0579. The van der Waals surface area contributed by atoms with Crippen molar-refractivity contribution in [3.8, 4) is 0 Å². The number of nitrogens with zero attached hydrogens (tertiary/aromatic N) is 2. The Balaban J connectivity index is 2.00. The van der Waals surface area contributed by atoms with Crippen LogP contribution < -0.4 is 0 Å². The number of aryl methyl sites for hydroxylation is 2. The van der Waals surface area contributed by atoms with E-state index in [2.05, 4.69) is 83.9 Å². The average Bonchev–Trinajstić information content (AvgIpc) is 3.09. The molecule has 2 aliphatic heterocycles. The van der Waals surface area contributed by atoms with Crippen molar-refractivity contribution in [1.29, 1.82) is 0 Å². The van der Waals surface area contributed by atoms with Crippen molar-refractivity contribution in [3.63, 3.8) is 0 Å². The van der Waals surface area contributed by atoms with Crippen LogP contribution in [0.1, 0.15) is 69.8 Å². The molecule has 1 atom stereocenters. The second kappa shape index (κ2) is 7.27. The third-order valence-electron chi connectivity index (χ3n) is 7.44. The number of hydrogen-bond acceptors (Lipinski definition) is 2. The monoisotopic (exact) mass is 398 g/mol. The van der Waals surface area contributed by atoms with E-state index in [1.807, 2.05) is 0 Å². The second-order valence-corrected chi connectivity index (χ2v) is 9.07. The molecule has 0 bridgehead atoms. The Hall–Kier alpha value is -2.61. The number of fused-ring (bicyclic) bond motifs is 4. The zero-order valence-electron chi connectivity index (χ0n) is 19.4. The Kier molecular flexibility index (Phi) is 5.00. The fourth-order valence-corrected chi connectivity index (χ4v) is 5.18. The lowest BCUT2D eigenvalue weighted by molar-refractivity contribution is 0.447. The minimum absolute atomic E-state index is 0.0579. The van der Waals surface area contributed by atoms with Crippen molar-refractivity contribution in [1.82, 2.24) is 9.88 Å². The van der Waals surface area contributed by atoms with E-state index >= 15 is 0 Å². The van der Waals surface area contributed by atoms with E-state index in [9.17, 15) is 0 Å². The first kappa shape index (κ1) is 20.7. The maximum absolute atomic E-state index is 5.17. The van der Waals surface area contributed by atoms with Crippen LogP contribution in [0.15, 0.2) is 59.8 Å². The summed E-state index contributed by atoms with van der Waals surface area (Å²) in [6, 6.07) is 6.62. The van der Waals surface area contributed by atoms with Gasteiger partial charge < -0.3 is 4.90 Å². The summed E-state index contributed by atoms with van der Waals surface area (Å²) >= 11 is 0. The Morgan fingerprint density at radius 3 is 2.53 bits per heavy atom. The van der Waals surface area contributed by atoms with Crippen molar-refractivity contribution in [2.45, 2.75) is 67.3 Å². The summed E-state index contributed by atoms with van der Waals surface area (Å²) in [5, 5.41) is 1.30. The SMILES string of the molecule is C=C1C(CC)=C([C@@](C)(CC)C(=C)C)C=C2c3nc4ccc(C)cc4c(CC)c3CN12. The van der Waals surface area contributed by atoms with Gasteiger partial charge in [-0.1, -0.05) is 58.1 Å². The van der Waals surface area contributed by atoms with Crippen LogP contribution in [0.5, 0.6) is 0 Å². The molecular weight excluding hydrogens is 364 g/mol. The molecule has 1 aromatic heterocycles. The molecule has 2 heteroatoms. The molecule has 2 aromatic rings. The Morgan fingerprint density at radius 2 is 1.93 bits per heavy atom. The molecule has 3 heterocycles. The van der Waals surface area contributed by atoms with Gasteiger partial charge in [0.05, 0.1) is 23.5 Å². The average molecular weight is 399 g/mol. The van der Waals surface area contributed by atoms with Crippen molar-refractivity contribution in [2.24, 2.45) is 5.41 Å². The molecule has 156 valence electrons. The zero-order chi connectivity index (χ0) is 21.8. The van der Waals surface area contributed by atoms with Crippen LogP contribution >= 0.6 is 0 Å². The lowest BCUT2D eigenvalue weighted by Crippen LogP contribution is -2.27. The molecule has 2 nitrogen and oxygen atoms in total. The van der Waals surface area contributed by atoms with Gasteiger partial charge in [-0.15, -0.1) is 0 Å². The summed E-state index contributed by atoms with van der Waals surface area (Å²) in [5.41, 5.74) is 12.5. The van der Waals surface area contributed by atoms with Crippen LogP contribution in [0.25, 0.3) is 16.6 Å². The fraction of sp³-hybridized carbons (Fsp3) is 0.393. The van der Waals surface area contributed by atoms with Crippen LogP contribution in [0.2, 0.25) is 0 Å².